The SMILES string of the molecule is COc1cc(-c2cccc(C(=O)Nc3ccc(CC(=O)O)s3)c2)cc(OC)c1OC. The highest BCUT2D eigenvalue weighted by Crippen LogP contribution is 2.41. The van der Waals surface area contributed by atoms with Crippen molar-refractivity contribution in [2.75, 3.05) is 26.6 Å². The zero-order chi connectivity index (χ0) is 21.7. The number of benzene rings is 2. The van der Waals surface area contributed by atoms with Gasteiger partial charge in [0, 0.05) is 10.4 Å². The van der Waals surface area contributed by atoms with Crippen molar-refractivity contribution in [2.24, 2.45) is 0 Å². The lowest BCUT2D eigenvalue weighted by Crippen LogP contribution is -2.10. The van der Waals surface area contributed by atoms with E-state index in [-0.39, 0.29) is 12.3 Å². The average Bonchev–Trinajstić information content (AvgIpc) is 3.18. The molecule has 0 unspecified atom stereocenters. The first-order chi connectivity index (χ1) is 14.4. The molecular weight excluding hydrogens is 406 g/mol. The van der Waals surface area contributed by atoms with Crippen molar-refractivity contribution in [1.82, 2.24) is 0 Å². The third kappa shape index (κ3) is 4.72. The van der Waals surface area contributed by atoms with E-state index in [1.807, 2.05) is 18.2 Å². The molecule has 0 aliphatic heterocycles. The molecule has 7 nitrogen and oxygen atoms in total. The Hall–Kier alpha value is -3.52. The Balaban J connectivity index is 1.86. The summed E-state index contributed by atoms with van der Waals surface area (Å²) in [4.78, 5) is 24.2. The van der Waals surface area contributed by atoms with Gasteiger partial charge in [0.05, 0.1) is 32.8 Å². The fraction of sp³-hybridized carbons (Fsp3) is 0.182. The van der Waals surface area contributed by atoms with Gasteiger partial charge in [0.15, 0.2) is 11.5 Å². The van der Waals surface area contributed by atoms with E-state index >= 15 is 0 Å². The molecule has 0 aliphatic rings. The molecule has 1 amide bonds. The van der Waals surface area contributed by atoms with Gasteiger partial charge in [0.25, 0.3) is 5.91 Å². The van der Waals surface area contributed by atoms with Gasteiger partial charge in [-0.1, -0.05) is 12.1 Å². The van der Waals surface area contributed by atoms with Crippen molar-refractivity contribution in [3.05, 3.63) is 59.0 Å². The van der Waals surface area contributed by atoms with Gasteiger partial charge in [-0.15, -0.1) is 11.3 Å². The Morgan fingerprint density at radius 1 is 0.933 bits per heavy atom. The van der Waals surface area contributed by atoms with Crippen LogP contribution in [-0.4, -0.2) is 38.3 Å². The van der Waals surface area contributed by atoms with E-state index in [9.17, 15) is 9.59 Å². The molecule has 8 heteroatoms. The van der Waals surface area contributed by atoms with E-state index in [1.165, 1.54) is 18.4 Å². The zero-order valence-corrected chi connectivity index (χ0v) is 17.5. The summed E-state index contributed by atoms with van der Waals surface area (Å²) in [5.74, 6) is 0.339. The van der Waals surface area contributed by atoms with Gasteiger partial charge in [-0.3, -0.25) is 9.59 Å². The Morgan fingerprint density at radius 2 is 1.63 bits per heavy atom. The molecule has 1 aromatic heterocycles. The van der Waals surface area contributed by atoms with Crippen LogP contribution in [0.4, 0.5) is 5.00 Å². The van der Waals surface area contributed by atoms with Crippen molar-refractivity contribution < 1.29 is 28.9 Å². The number of methoxy groups -OCH3 is 3. The summed E-state index contributed by atoms with van der Waals surface area (Å²) < 4.78 is 16.2. The van der Waals surface area contributed by atoms with Gasteiger partial charge in [-0.05, 0) is 47.5 Å². The standard InChI is InChI=1S/C22H21NO6S/c1-27-17-10-15(11-18(28-2)21(17)29-3)13-5-4-6-14(9-13)22(26)23-19-8-7-16(30-19)12-20(24)25/h4-11H,12H2,1-3H3,(H,23,26)(H,24,25). The first-order valence-corrected chi connectivity index (χ1v) is 9.79. The second-order valence-corrected chi connectivity index (χ2v) is 7.45. The van der Waals surface area contributed by atoms with Gasteiger partial charge >= 0.3 is 5.97 Å². The van der Waals surface area contributed by atoms with Crippen LogP contribution in [0, 0.1) is 0 Å². The summed E-state index contributed by atoms with van der Waals surface area (Å²) in [7, 11) is 4.63. The molecule has 1 heterocycles. The molecule has 3 aromatic rings. The monoisotopic (exact) mass is 427 g/mol. The number of amides is 1. The van der Waals surface area contributed by atoms with Gasteiger partial charge in [0.2, 0.25) is 5.75 Å². The Bertz CT molecular complexity index is 1050. The number of nitrogens with one attached hydrogen (secondary N) is 1. The highest BCUT2D eigenvalue weighted by molar-refractivity contribution is 7.16. The quantitative estimate of drug-likeness (QED) is 0.556. The second-order valence-electron chi connectivity index (χ2n) is 6.29. The number of thiophene rings is 1. The molecule has 0 radical (unpaired) electrons. The fourth-order valence-corrected chi connectivity index (χ4v) is 3.85. The number of aliphatic carboxylic acids is 1. The van der Waals surface area contributed by atoms with Crippen molar-refractivity contribution in [3.63, 3.8) is 0 Å². The minimum Gasteiger partial charge on any atom is -0.493 e. The number of carboxylic acids is 1. The van der Waals surface area contributed by atoms with Gasteiger partial charge in [-0.2, -0.15) is 0 Å². The Morgan fingerprint density at radius 3 is 2.23 bits per heavy atom. The maximum Gasteiger partial charge on any atom is 0.308 e. The summed E-state index contributed by atoms with van der Waals surface area (Å²) >= 11 is 1.24. The number of carboxylic acid groups (broad SMARTS) is 1. The van der Waals surface area contributed by atoms with Crippen LogP contribution in [0.2, 0.25) is 0 Å². The predicted molar refractivity (Wildman–Crippen MR) is 115 cm³/mol. The molecule has 0 saturated carbocycles. The Labute approximate surface area is 177 Å². The summed E-state index contributed by atoms with van der Waals surface area (Å²) in [6, 6.07) is 14.2. The summed E-state index contributed by atoms with van der Waals surface area (Å²) in [5, 5.41) is 12.3. The molecule has 2 N–H and O–H groups in total. The molecule has 0 bridgehead atoms. The number of carbonyl (C=O) groups excluding carboxylic acids is 1. The molecular formula is C22H21NO6S. The number of rotatable bonds is 8. The molecule has 0 spiro atoms. The molecule has 30 heavy (non-hydrogen) atoms. The third-order valence-electron chi connectivity index (χ3n) is 4.35. The van der Waals surface area contributed by atoms with Crippen molar-refractivity contribution in [3.8, 4) is 28.4 Å². The van der Waals surface area contributed by atoms with E-state index in [4.69, 9.17) is 19.3 Å². The third-order valence-corrected chi connectivity index (χ3v) is 5.35. The number of carbonyl (C=O) groups is 2. The van der Waals surface area contributed by atoms with Crippen molar-refractivity contribution >= 4 is 28.2 Å². The minimum absolute atomic E-state index is 0.0723. The normalized spacial score (nSPS) is 10.4. The molecule has 0 atom stereocenters. The van der Waals surface area contributed by atoms with Crippen LogP contribution in [0.25, 0.3) is 11.1 Å². The first-order valence-electron chi connectivity index (χ1n) is 8.97. The first kappa shape index (κ1) is 21.2. The largest absolute Gasteiger partial charge is 0.493 e. The summed E-state index contributed by atoms with van der Waals surface area (Å²) in [6.45, 7) is 0. The van der Waals surface area contributed by atoms with Crippen LogP contribution in [-0.2, 0) is 11.2 Å². The molecule has 0 aliphatic carbocycles. The van der Waals surface area contributed by atoms with Crippen LogP contribution in [0.3, 0.4) is 0 Å². The lowest BCUT2D eigenvalue weighted by molar-refractivity contribution is -0.136. The van der Waals surface area contributed by atoms with Gasteiger partial charge in [0.1, 0.15) is 0 Å². The van der Waals surface area contributed by atoms with Crippen molar-refractivity contribution in [1.29, 1.82) is 0 Å². The Kier molecular flexibility index (Phi) is 6.58. The smallest absolute Gasteiger partial charge is 0.308 e. The fourth-order valence-electron chi connectivity index (χ4n) is 2.96. The van der Waals surface area contributed by atoms with Crippen LogP contribution < -0.4 is 19.5 Å². The average molecular weight is 427 g/mol. The number of anilines is 1. The number of hydrogen-bond acceptors (Lipinski definition) is 6. The number of ether oxygens (including phenoxy) is 3. The maximum atomic E-state index is 12.7. The summed E-state index contributed by atoms with van der Waals surface area (Å²) in [6.07, 6.45) is -0.0723. The van der Waals surface area contributed by atoms with Gasteiger partial charge < -0.3 is 24.6 Å². The van der Waals surface area contributed by atoms with E-state index in [0.29, 0.717) is 32.7 Å². The maximum absolute atomic E-state index is 12.7. The topological polar surface area (TPSA) is 94.1 Å². The van der Waals surface area contributed by atoms with Crippen LogP contribution >= 0.6 is 11.3 Å². The molecule has 2 aromatic carbocycles. The summed E-state index contributed by atoms with van der Waals surface area (Å²) in [5.41, 5.74) is 2.08. The lowest BCUT2D eigenvalue weighted by atomic mass is 10.0. The molecule has 3 rings (SSSR count). The van der Waals surface area contributed by atoms with E-state index in [1.54, 1.807) is 44.6 Å². The molecule has 156 valence electrons. The van der Waals surface area contributed by atoms with Crippen LogP contribution in [0.1, 0.15) is 15.2 Å². The zero-order valence-electron chi connectivity index (χ0n) is 16.7. The highest BCUT2D eigenvalue weighted by atomic mass is 32.1. The van der Waals surface area contributed by atoms with E-state index in [0.717, 1.165) is 11.1 Å². The minimum atomic E-state index is -0.909. The van der Waals surface area contributed by atoms with E-state index in [2.05, 4.69) is 5.32 Å². The molecule has 0 fully saturated rings. The number of hydrogen-bond donors (Lipinski definition) is 2. The molecule has 0 saturated heterocycles. The highest BCUT2D eigenvalue weighted by Gasteiger charge is 2.15. The van der Waals surface area contributed by atoms with Crippen LogP contribution in [0.15, 0.2) is 48.5 Å². The lowest BCUT2D eigenvalue weighted by Gasteiger charge is -2.14. The van der Waals surface area contributed by atoms with Gasteiger partial charge in [-0.25, -0.2) is 0 Å². The predicted octanol–water partition coefficient (Wildman–Crippen LogP) is 4.32. The second kappa shape index (κ2) is 9.32. The van der Waals surface area contributed by atoms with Crippen LogP contribution in [0.5, 0.6) is 17.2 Å². The van der Waals surface area contributed by atoms with Crippen molar-refractivity contribution in [2.45, 2.75) is 6.42 Å². The van der Waals surface area contributed by atoms with E-state index < -0.39 is 5.97 Å².